The summed E-state index contributed by atoms with van der Waals surface area (Å²) < 4.78 is 14.9. The van der Waals surface area contributed by atoms with E-state index in [0.717, 1.165) is 31.0 Å². The fraction of sp³-hybridized carbons (Fsp3) is 0.238. The number of aliphatic imine (C=N–C) groups is 1. The molecule has 0 fully saturated rings. The summed E-state index contributed by atoms with van der Waals surface area (Å²) in [5, 5.41) is 10.9. The molecule has 6 heteroatoms. The normalized spacial score (nSPS) is 11.4. The maximum absolute atomic E-state index is 13.0. The lowest BCUT2D eigenvalue weighted by Gasteiger charge is -2.14. The lowest BCUT2D eigenvalue weighted by molar-refractivity contribution is 0.626. The molecule has 1 aromatic heterocycles. The Bertz CT molecular complexity index is 857. The number of halogens is 1. The fourth-order valence-electron chi connectivity index (χ4n) is 2.83. The van der Waals surface area contributed by atoms with Crippen LogP contribution < -0.4 is 10.6 Å². The van der Waals surface area contributed by atoms with E-state index < -0.39 is 0 Å². The molecule has 5 nitrogen and oxygen atoms in total. The number of aromatic nitrogens is 2. The number of benzene rings is 2. The number of guanidine groups is 1. The molecule has 3 aromatic rings. The molecule has 0 bridgehead atoms. The molecule has 0 amide bonds. The van der Waals surface area contributed by atoms with Crippen LogP contribution >= 0.6 is 0 Å². The predicted molar refractivity (Wildman–Crippen MR) is 106 cm³/mol. The van der Waals surface area contributed by atoms with Gasteiger partial charge in [0.15, 0.2) is 5.96 Å². The highest BCUT2D eigenvalue weighted by Gasteiger charge is 2.05. The van der Waals surface area contributed by atoms with E-state index in [2.05, 4.69) is 32.9 Å². The van der Waals surface area contributed by atoms with Gasteiger partial charge in [-0.1, -0.05) is 36.4 Å². The molecule has 2 aromatic carbocycles. The average Bonchev–Trinajstić information content (AvgIpc) is 3.20. The van der Waals surface area contributed by atoms with Gasteiger partial charge in [-0.2, -0.15) is 5.10 Å². The molecule has 0 aliphatic carbocycles. The second-order valence-corrected chi connectivity index (χ2v) is 6.20. The zero-order chi connectivity index (χ0) is 18.9. The molecule has 0 unspecified atom stereocenters. The van der Waals surface area contributed by atoms with Crippen LogP contribution in [0.3, 0.4) is 0 Å². The second kappa shape index (κ2) is 9.52. The van der Waals surface area contributed by atoms with Crippen LogP contribution in [0.15, 0.2) is 72.0 Å². The van der Waals surface area contributed by atoms with Gasteiger partial charge in [-0.25, -0.2) is 4.39 Å². The molecule has 0 saturated carbocycles. The molecular formula is C21H24FN5. The monoisotopic (exact) mass is 365 g/mol. The van der Waals surface area contributed by atoms with Crippen molar-refractivity contribution in [2.45, 2.75) is 19.5 Å². The number of hydrogen-bond acceptors (Lipinski definition) is 2. The zero-order valence-electron chi connectivity index (χ0n) is 15.4. The molecule has 0 spiro atoms. The Morgan fingerprint density at radius 3 is 2.52 bits per heavy atom. The number of nitrogens with zero attached hydrogens (tertiary/aromatic N) is 3. The summed E-state index contributed by atoms with van der Waals surface area (Å²) in [6.45, 7) is 2.13. The van der Waals surface area contributed by atoms with E-state index in [-0.39, 0.29) is 5.82 Å². The van der Waals surface area contributed by atoms with Gasteiger partial charge < -0.3 is 10.6 Å². The SMILES string of the molecule is CN=C(NCCc1ccc(F)cc1)NCc1ccccc1Cn1cccn1. The van der Waals surface area contributed by atoms with Crippen LogP contribution in [0.5, 0.6) is 0 Å². The largest absolute Gasteiger partial charge is 0.356 e. The first-order valence-electron chi connectivity index (χ1n) is 8.98. The zero-order valence-corrected chi connectivity index (χ0v) is 15.4. The van der Waals surface area contributed by atoms with Crippen molar-refractivity contribution in [2.24, 2.45) is 4.99 Å². The van der Waals surface area contributed by atoms with Crippen LogP contribution in [0.25, 0.3) is 0 Å². The summed E-state index contributed by atoms with van der Waals surface area (Å²) in [5.74, 6) is 0.531. The maximum Gasteiger partial charge on any atom is 0.191 e. The van der Waals surface area contributed by atoms with E-state index in [1.807, 2.05) is 29.1 Å². The molecule has 2 N–H and O–H groups in total. The predicted octanol–water partition coefficient (Wildman–Crippen LogP) is 2.98. The highest BCUT2D eigenvalue weighted by molar-refractivity contribution is 5.79. The van der Waals surface area contributed by atoms with E-state index in [1.54, 1.807) is 25.4 Å². The Morgan fingerprint density at radius 2 is 1.81 bits per heavy atom. The Balaban J connectivity index is 1.51. The van der Waals surface area contributed by atoms with Crippen LogP contribution in [0.4, 0.5) is 4.39 Å². The standard InChI is InChI=1S/C21H24FN5/c1-23-21(24-13-11-17-7-9-20(22)10-8-17)25-15-18-5-2-3-6-19(18)16-27-14-4-12-26-27/h2-10,12,14H,11,13,15-16H2,1H3,(H2,23,24,25). The quantitative estimate of drug-likeness (QED) is 0.500. The minimum atomic E-state index is -0.210. The second-order valence-electron chi connectivity index (χ2n) is 6.20. The summed E-state index contributed by atoms with van der Waals surface area (Å²) in [6.07, 6.45) is 4.55. The van der Waals surface area contributed by atoms with Crippen molar-refractivity contribution < 1.29 is 4.39 Å². The molecular weight excluding hydrogens is 341 g/mol. The Labute approximate surface area is 159 Å². The Kier molecular flexibility index (Phi) is 6.57. The molecule has 140 valence electrons. The van der Waals surface area contributed by atoms with Crippen molar-refractivity contribution in [1.29, 1.82) is 0 Å². The van der Waals surface area contributed by atoms with Crippen molar-refractivity contribution in [1.82, 2.24) is 20.4 Å². The van der Waals surface area contributed by atoms with Gasteiger partial charge in [0.05, 0.1) is 6.54 Å². The number of nitrogens with one attached hydrogen (secondary N) is 2. The van der Waals surface area contributed by atoms with Crippen molar-refractivity contribution in [3.8, 4) is 0 Å². The van der Waals surface area contributed by atoms with E-state index in [0.29, 0.717) is 6.54 Å². The van der Waals surface area contributed by atoms with Crippen LogP contribution in [-0.2, 0) is 19.5 Å². The average molecular weight is 365 g/mol. The topological polar surface area (TPSA) is 54.2 Å². The molecule has 1 heterocycles. The smallest absolute Gasteiger partial charge is 0.191 e. The Morgan fingerprint density at radius 1 is 1.04 bits per heavy atom. The number of rotatable bonds is 7. The summed E-state index contributed by atoms with van der Waals surface area (Å²) in [6, 6.07) is 16.8. The van der Waals surface area contributed by atoms with Crippen LogP contribution in [0.2, 0.25) is 0 Å². The van der Waals surface area contributed by atoms with Gasteiger partial charge in [0.2, 0.25) is 0 Å². The maximum atomic E-state index is 13.0. The van der Waals surface area contributed by atoms with Crippen molar-refractivity contribution >= 4 is 5.96 Å². The fourth-order valence-corrected chi connectivity index (χ4v) is 2.83. The summed E-state index contributed by atoms with van der Waals surface area (Å²) >= 11 is 0. The first-order valence-corrected chi connectivity index (χ1v) is 8.98. The summed E-state index contributed by atoms with van der Waals surface area (Å²) in [5.41, 5.74) is 3.51. The van der Waals surface area contributed by atoms with Gasteiger partial charge in [-0.05, 0) is 41.3 Å². The van der Waals surface area contributed by atoms with Gasteiger partial charge in [0.25, 0.3) is 0 Å². The van der Waals surface area contributed by atoms with Gasteiger partial charge in [0.1, 0.15) is 5.82 Å². The Hall–Kier alpha value is -3.15. The molecule has 0 atom stereocenters. The number of hydrogen-bond donors (Lipinski definition) is 2. The van der Waals surface area contributed by atoms with E-state index in [9.17, 15) is 4.39 Å². The van der Waals surface area contributed by atoms with Gasteiger partial charge >= 0.3 is 0 Å². The van der Waals surface area contributed by atoms with Crippen molar-refractivity contribution in [3.63, 3.8) is 0 Å². The van der Waals surface area contributed by atoms with Gasteiger partial charge in [0, 0.05) is 32.5 Å². The van der Waals surface area contributed by atoms with Crippen LogP contribution in [0, 0.1) is 5.82 Å². The van der Waals surface area contributed by atoms with Gasteiger partial charge in [-0.3, -0.25) is 9.67 Å². The molecule has 3 rings (SSSR count). The summed E-state index contributed by atoms with van der Waals surface area (Å²) in [7, 11) is 1.75. The third-order valence-corrected chi connectivity index (χ3v) is 4.30. The van der Waals surface area contributed by atoms with Crippen LogP contribution in [-0.4, -0.2) is 29.3 Å². The van der Waals surface area contributed by atoms with Gasteiger partial charge in [-0.15, -0.1) is 0 Å². The lowest BCUT2D eigenvalue weighted by Crippen LogP contribution is -2.38. The van der Waals surface area contributed by atoms with Crippen molar-refractivity contribution in [3.05, 3.63) is 89.5 Å². The minimum Gasteiger partial charge on any atom is -0.356 e. The third-order valence-electron chi connectivity index (χ3n) is 4.30. The third kappa shape index (κ3) is 5.67. The molecule has 0 aliphatic rings. The lowest BCUT2D eigenvalue weighted by atomic mass is 10.1. The minimum absolute atomic E-state index is 0.210. The molecule has 0 saturated heterocycles. The molecule has 0 radical (unpaired) electrons. The first-order chi connectivity index (χ1) is 13.2. The first kappa shape index (κ1) is 18.6. The van der Waals surface area contributed by atoms with Crippen molar-refractivity contribution in [2.75, 3.05) is 13.6 Å². The highest BCUT2D eigenvalue weighted by Crippen LogP contribution is 2.10. The van der Waals surface area contributed by atoms with E-state index in [4.69, 9.17) is 0 Å². The van der Waals surface area contributed by atoms with Crippen LogP contribution in [0.1, 0.15) is 16.7 Å². The highest BCUT2D eigenvalue weighted by atomic mass is 19.1. The summed E-state index contributed by atoms with van der Waals surface area (Å²) in [4.78, 5) is 4.27. The van der Waals surface area contributed by atoms with E-state index >= 15 is 0 Å². The molecule has 0 aliphatic heterocycles. The van der Waals surface area contributed by atoms with E-state index in [1.165, 1.54) is 23.3 Å². The molecule has 27 heavy (non-hydrogen) atoms.